The van der Waals surface area contributed by atoms with Gasteiger partial charge in [0.05, 0.1) is 5.41 Å². The molecule has 0 aliphatic heterocycles. The minimum absolute atomic E-state index is 0.0901. The molecule has 0 radical (unpaired) electrons. The van der Waals surface area contributed by atoms with Gasteiger partial charge in [-0.2, -0.15) is 0 Å². The van der Waals surface area contributed by atoms with Gasteiger partial charge < -0.3 is 0 Å². The van der Waals surface area contributed by atoms with Crippen molar-refractivity contribution in [1.82, 2.24) is 0 Å². The summed E-state index contributed by atoms with van der Waals surface area (Å²) in [5.41, 5.74) is 3.39. The molecule has 2 aromatic carbocycles. The first kappa shape index (κ1) is 20.3. The first-order valence-electron chi connectivity index (χ1n) is 10.5. The van der Waals surface area contributed by atoms with Crippen LogP contribution >= 0.6 is 0 Å². The largest absolute Gasteiger partial charge is 0.299 e. The molecule has 0 saturated carbocycles. The first-order valence-corrected chi connectivity index (χ1v) is 10.5. The van der Waals surface area contributed by atoms with E-state index < -0.39 is 5.41 Å². The minimum atomic E-state index is -0.407. The number of ketones is 1. The smallest absolute Gasteiger partial charge is 0.144 e. The van der Waals surface area contributed by atoms with Crippen LogP contribution in [0, 0.1) is 17.3 Å². The summed E-state index contributed by atoms with van der Waals surface area (Å²) in [4.78, 5) is 13.8. The Morgan fingerprint density at radius 1 is 0.893 bits per heavy atom. The van der Waals surface area contributed by atoms with Crippen molar-refractivity contribution in [2.24, 2.45) is 17.3 Å². The number of rotatable bonds is 7. The topological polar surface area (TPSA) is 17.1 Å². The zero-order chi connectivity index (χ0) is 20.1. The summed E-state index contributed by atoms with van der Waals surface area (Å²) in [7, 11) is 0. The van der Waals surface area contributed by atoms with Crippen LogP contribution in [-0.2, 0) is 4.79 Å². The molecular weight excluding hydrogens is 340 g/mol. The van der Waals surface area contributed by atoms with E-state index in [0.717, 1.165) is 6.42 Å². The molecule has 1 atom stereocenters. The lowest BCUT2D eigenvalue weighted by atomic mass is 9.64. The van der Waals surface area contributed by atoms with Crippen molar-refractivity contribution < 1.29 is 4.79 Å². The fourth-order valence-electron chi connectivity index (χ4n) is 4.28. The molecule has 1 nitrogen and oxygen atoms in total. The Balaban J connectivity index is 1.95. The summed E-state index contributed by atoms with van der Waals surface area (Å²) >= 11 is 0. The molecule has 1 aliphatic carbocycles. The SMILES string of the molecule is CC(C)C1=CC=CC(C(=O)CC(c2ccccc2)c2ccccc2)(C(C)C)C1. The summed E-state index contributed by atoms with van der Waals surface area (Å²) < 4.78 is 0. The molecule has 0 fully saturated rings. The van der Waals surface area contributed by atoms with Crippen LogP contribution in [-0.4, -0.2) is 5.78 Å². The number of benzene rings is 2. The maximum atomic E-state index is 13.8. The number of hydrogen-bond acceptors (Lipinski definition) is 1. The molecule has 28 heavy (non-hydrogen) atoms. The lowest BCUT2D eigenvalue weighted by Gasteiger charge is -2.38. The molecule has 3 rings (SSSR count). The van der Waals surface area contributed by atoms with Crippen LogP contribution in [0.4, 0.5) is 0 Å². The lowest BCUT2D eigenvalue weighted by Crippen LogP contribution is -2.37. The molecule has 0 spiro atoms. The van der Waals surface area contributed by atoms with Crippen LogP contribution in [0.5, 0.6) is 0 Å². The fourth-order valence-corrected chi connectivity index (χ4v) is 4.28. The second-order valence-electron chi connectivity index (χ2n) is 8.63. The zero-order valence-corrected chi connectivity index (χ0v) is 17.6. The molecule has 146 valence electrons. The molecule has 0 aromatic heterocycles. The Bertz CT molecular complexity index is 803. The lowest BCUT2D eigenvalue weighted by molar-refractivity contribution is -0.128. The number of Topliss-reactive ketones (excluding diaryl/α,β-unsaturated/α-hetero) is 1. The minimum Gasteiger partial charge on any atom is -0.299 e. The highest BCUT2D eigenvalue weighted by atomic mass is 16.1. The van der Waals surface area contributed by atoms with E-state index in [1.165, 1.54) is 16.7 Å². The van der Waals surface area contributed by atoms with E-state index in [0.29, 0.717) is 18.1 Å². The summed E-state index contributed by atoms with van der Waals surface area (Å²) in [5, 5.41) is 0. The molecule has 0 N–H and O–H groups in total. The van der Waals surface area contributed by atoms with Crippen molar-refractivity contribution in [3.05, 3.63) is 95.6 Å². The Morgan fingerprint density at radius 3 is 1.89 bits per heavy atom. The van der Waals surface area contributed by atoms with E-state index in [1.807, 2.05) is 12.1 Å². The van der Waals surface area contributed by atoms with Crippen molar-refractivity contribution >= 4 is 5.78 Å². The Morgan fingerprint density at radius 2 is 1.43 bits per heavy atom. The van der Waals surface area contributed by atoms with E-state index in [-0.39, 0.29) is 11.8 Å². The highest BCUT2D eigenvalue weighted by Crippen LogP contribution is 2.44. The van der Waals surface area contributed by atoms with Crippen molar-refractivity contribution in [2.75, 3.05) is 0 Å². The monoisotopic (exact) mass is 372 g/mol. The van der Waals surface area contributed by atoms with Gasteiger partial charge in [0.25, 0.3) is 0 Å². The molecule has 1 aliphatic rings. The normalized spacial score (nSPS) is 19.3. The van der Waals surface area contributed by atoms with Crippen LogP contribution in [0.15, 0.2) is 84.5 Å². The molecule has 0 bridgehead atoms. The second kappa shape index (κ2) is 8.73. The van der Waals surface area contributed by atoms with Crippen molar-refractivity contribution in [2.45, 2.75) is 46.5 Å². The highest BCUT2D eigenvalue weighted by Gasteiger charge is 2.41. The standard InChI is InChI=1S/C27H32O/c1-20(2)24-16-11-17-27(19-24,21(3)4)26(28)18-25(22-12-7-5-8-13-22)23-14-9-6-10-15-23/h5-17,20-21,25H,18-19H2,1-4H3. The van der Waals surface area contributed by atoms with E-state index in [4.69, 9.17) is 0 Å². The average molecular weight is 373 g/mol. The van der Waals surface area contributed by atoms with E-state index >= 15 is 0 Å². The number of carbonyl (C=O) groups excluding carboxylic acids is 1. The second-order valence-corrected chi connectivity index (χ2v) is 8.63. The van der Waals surface area contributed by atoms with Gasteiger partial charge in [0.2, 0.25) is 0 Å². The Kier molecular flexibility index (Phi) is 6.34. The van der Waals surface area contributed by atoms with Gasteiger partial charge in [-0.15, -0.1) is 0 Å². The number of hydrogen-bond donors (Lipinski definition) is 0. The van der Waals surface area contributed by atoms with Crippen LogP contribution in [0.1, 0.15) is 57.6 Å². The van der Waals surface area contributed by atoms with Crippen LogP contribution < -0.4 is 0 Å². The zero-order valence-electron chi connectivity index (χ0n) is 17.6. The predicted octanol–water partition coefficient (Wildman–Crippen LogP) is 6.96. The summed E-state index contributed by atoms with van der Waals surface area (Å²) in [6.45, 7) is 8.81. The Hall–Kier alpha value is -2.41. The molecule has 1 unspecified atom stereocenters. The third-order valence-corrected chi connectivity index (χ3v) is 6.28. The van der Waals surface area contributed by atoms with Gasteiger partial charge in [-0.05, 0) is 29.4 Å². The molecule has 0 saturated heterocycles. The summed E-state index contributed by atoms with van der Waals surface area (Å²) in [6.07, 6.45) is 7.84. The van der Waals surface area contributed by atoms with Gasteiger partial charge in [-0.3, -0.25) is 4.79 Å². The fraction of sp³-hybridized carbons (Fsp3) is 0.370. The summed E-state index contributed by atoms with van der Waals surface area (Å²) in [6, 6.07) is 20.9. The van der Waals surface area contributed by atoms with Crippen molar-refractivity contribution in [1.29, 1.82) is 0 Å². The van der Waals surface area contributed by atoms with Gasteiger partial charge in [-0.25, -0.2) is 0 Å². The Labute approximate surface area is 170 Å². The van der Waals surface area contributed by atoms with Crippen LogP contribution in [0.25, 0.3) is 0 Å². The van der Waals surface area contributed by atoms with E-state index in [1.54, 1.807) is 0 Å². The van der Waals surface area contributed by atoms with Gasteiger partial charge in [0, 0.05) is 12.3 Å². The van der Waals surface area contributed by atoms with Crippen molar-refractivity contribution in [3.8, 4) is 0 Å². The average Bonchev–Trinajstić information content (AvgIpc) is 2.73. The maximum absolute atomic E-state index is 13.8. The molecule has 0 amide bonds. The van der Waals surface area contributed by atoms with Crippen LogP contribution in [0.3, 0.4) is 0 Å². The first-order chi connectivity index (χ1) is 13.4. The number of allylic oxidation sites excluding steroid dienone is 4. The number of carbonyl (C=O) groups is 1. The van der Waals surface area contributed by atoms with E-state index in [9.17, 15) is 4.79 Å². The van der Waals surface area contributed by atoms with Gasteiger partial charge in [-0.1, -0.05) is 112 Å². The maximum Gasteiger partial charge on any atom is 0.144 e. The molecule has 0 heterocycles. The van der Waals surface area contributed by atoms with Gasteiger partial charge in [0.15, 0.2) is 0 Å². The third-order valence-electron chi connectivity index (χ3n) is 6.28. The third kappa shape index (κ3) is 4.19. The summed E-state index contributed by atoms with van der Waals surface area (Å²) in [5.74, 6) is 1.18. The molecule has 2 aromatic rings. The van der Waals surface area contributed by atoms with E-state index in [2.05, 4.69) is 94.5 Å². The highest BCUT2D eigenvalue weighted by molar-refractivity contribution is 5.89. The molecule has 1 heteroatoms. The predicted molar refractivity (Wildman–Crippen MR) is 118 cm³/mol. The van der Waals surface area contributed by atoms with Gasteiger partial charge in [0.1, 0.15) is 5.78 Å². The molecular formula is C27H32O. The van der Waals surface area contributed by atoms with Crippen molar-refractivity contribution in [3.63, 3.8) is 0 Å². The quantitative estimate of drug-likeness (QED) is 0.513. The van der Waals surface area contributed by atoms with Crippen LogP contribution in [0.2, 0.25) is 0 Å². The van der Waals surface area contributed by atoms with Gasteiger partial charge >= 0.3 is 0 Å².